The van der Waals surface area contributed by atoms with Gasteiger partial charge in [-0.1, -0.05) is 65.2 Å². The topological polar surface area (TPSA) is 26.3 Å². The van der Waals surface area contributed by atoms with Crippen LogP contribution in [0.1, 0.15) is 129 Å². The van der Waals surface area contributed by atoms with Gasteiger partial charge >= 0.3 is 5.97 Å². The van der Waals surface area contributed by atoms with E-state index in [0.29, 0.717) is 0 Å². The molecule has 3 aliphatic rings. The number of carbonyl (C=O) groups excluding carboxylic acids is 1. The molecule has 0 N–H and O–H groups in total. The van der Waals surface area contributed by atoms with Crippen LogP contribution in [0.3, 0.4) is 0 Å². The Hall–Kier alpha value is -0.530. The molecule has 2 heteroatoms. The average Bonchev–Trinajstić information content (AvgIpc) is 2.78. The summed E-state index contributed by atoms with van der Waals surface area (Å²) in [7, 11) is 0. The molecule has 3 fully saturated rings. The average molecular weight is 405 g/mol. The lowest BCUT2D eigenvalue weighted by atomic mass is 9.69. The van der Waals surface area contributed by atoms with Gasteiger partial charge in [-0.2, -0.15) is 0 Å². The van der Waals surface area contributed by atoms with Crippen molar-refractivity contribution >= 4 is 5.97 Å². The first-order chi connectivity index (χ1) is 14.2. The Balaban J connectivity index is 1.29. The van der Waals surface area contributed by atoms with Gasteiger partial charge in [-0.05, 0) is 87.9 Å². The first-order valence-electron chi connectivity index (χ1n) is 13.4. The summed E-state index contributed by atoms with van der Waals surface area (Å²) in [4.78, 5) is 12.7. The van der Waals surface area contributed by atoms with Crippen LogP contribution in [0.2, 0.25) is 0 Å². The van der Waals surface area contributed by atoms with E-state index < -0.39 is 0 Å². The zero-order valence-corrected chi connectivity index (χ0v) is 19.5. The van der Waals surface area contributed by atoms with Crippen molar-refractivity contribution < 1.29 is 9.53 Å². The van der Waals surface area contributed by atoms with Gasteiger partial charge in [0.05, 0.1) is 5.92 Å². The van der Waals surface area contributed by atoms with E-state index in [1.165, 1.54) is 89.9 Å². The van der Waals surface area contributed by atoms with E-state index in [4.69, 9.17) is 4.74 Å². The third kappa shape index (κ3) is 7.28. The van der Waals surface area contributed by atoms with Gasteiger partial charge in [0, 0.05) is 0 Å². The van der Waals surface area contributed by atoms with Crippen molar-refractivity contribution in [1.82, 2.24) is 0 Å². The predicted octanol–water partition coefficient (Wildman–Crippen LogP) is 8.08. The fourth-order valence-electron chi connectivity index (χ4n) is 6.55. The minimum Gasteiger partial charge on any atom is -0.462 e. The highest BCUT2D eigenvalue weighted by molar-refractivity contribution is 5.72. The monoisotopic (exact) mass is 404 g/mol. The molecular formula is C27H48O2. The van der Waals surface area contributed by atoms with Crippen molar-refractivity contribution in [3.63, 3.8) is 0 Å². The van der Waals surface area contributed by atoms with Gasteiger partial charge in [0.2, 0.25) is 0 Å². The number of unbranched alkanes of at least 4 members (excludes halogenated alkanes) is 3. The molecule has 0 aromatic rings. The summed E-state index contributed by atoms with van der Waals surface area (Å²) < 4.78 is 5.99. The highest BCUT2D eigenvalue weighted by atomic mass is 16.5. The second-order valence-electron chi connectivity index (χ2n) is 10.7. The molecule has 0 saturated heterocycles. The molecule has 0 aliphatic heterocycles. The van der Waals surface area contributed by atoms with E-state index in [0.717, 1.165) is 49.4 Å². The lowest BCUT2D eigenvalue weighted by Crippen LogP contribution is -2.32. The summed E-state index contributed by atoms with van der Waals surface area (Å²) in [5, 5.41) is 0. The molecular weight excluding hydrogens is 356 g/mol. The molecule has 0 spiro atoms. The number of ether oxygens (including phenoxy) is 1. The van der Waals surface area contributed by atoms with Gasteiger partial charge in [-0.15, -0.1) is 0 Å². The zero-order chi connectivity index (χ0) is 20.5. The van der Waals surface area contributed by atoms with Crippen LogP contribution in [0.15, 0.2) is 0 Å². The van der Waals surface area contributed by atoms with E-state index in [-0.39, 0.29) is 18.0 Å². The Kier molecular flexibility index (Phi) is 9.86. The number of carbonyl (C=O) groups is 1. The third-order valence-corrected chi connectivity index (χ3v) is 8.78. The Morgan fingerprint density at radius 1 is 0.690 bits per heavy atom. The molecule has 0 aromatic carbocycles. The Morgan fingerprint density at radius 3 is 1.86 bits per heavy atom. The SMILES string of the molecule is CCCCCCC1CCC(OC(=O)C2CCC(C3CCC(CC)CC3)CC2)CC1. The molecule has 2 nitrogen and oxygen atoms in total. The normalized spacial score (nSPS) is 35.9. The van der Waals surface area contributed by atoms with Gasteiger partial charge < -0.3 is 4.74 Å². The molecule has 0 bridgehead atoms. The molecule has 168 valence electrons. The van der Waals surface area contributed by atoms with Crippen molar-refractivity contribution in [2.75, 3.05) is 0 Å². The number of hydrogen-bond donors (Lipinski definition) is 0. The molecule has 0 unspecified atom stereocenters. The van der Waals surface area contributed by atoms with Crippen LogP contribution in [0.5, 0.6) is 0 Å². The maximum absolute atomic E-state index is 12.7. The van der Waals surface area contributed by atoms with Crippen molar-refractivity contribution in [1.29, 1.82) is 0 Å². The van der Waals surface area contributed by atoms with Crippen molar-refractivity contribution in [2.24, 2.45) is 29.6 Å². The van der Waals surface area contributed by atoms with Crippen molar-refractivity contribution in [3.05, 3.63) is 0 Å². The minimum absolute atomic E-state index is 0.143. The third-order valence-electron chi connectivity index (χ3n) is 8.78. The zero-order valence-electron chi connectivity index (χ0n) is 19.5. The quantitative estimate of drug-likeness (QED) is 0.287. The number of rotatable bonds is 9. The van der Waals surface area contributed by atoms with Crippen LogP contribution in [-0.2, 0) is 9.53 Å². The van der Waals surface area contributed by atoms with Crippen LogP contribution >= 0.6 is 0 Å². The van der Waals surface area contributed by atoms with Crippen molar-refractivity contribution in [3.8, 4) is 0 Å². The Bertz CT molecular complexity index is 449. The first-order valence-corrected chi connectivity index (χ1v) is 13.4. The maximum Gasteiger partial charge on any atom is 0.309 e. The fourth-order valence-corrected chi connectivity index (χ4v) is 6.55. The second-order valence-corrected chi connectivity index (χ2v) is 10.7. The van der Waals surface area contributed by atoms with E-state index in [1.807, 2.05) is 0 Å². The summed E-state index contributed by atoms with van der Waals surface area (Å²) in [5.74, 6) is 4.06. The summed E-state index contributed by atoms with van der Waals surface area (Å²) in [6, 6.07) is 0. The molecule has 0 heterocycles. The minimum atomic E-state index is 0.143. The summed E-state index contributed by atoms with van der Waals surface area (Å²) in [6.45, 7) is 4.63. The number of hydrogen-bond acceptors (Lipinski definition) is 2. The van der Waals surface area contributed by atoms with E-state index in [9.17, 15) is 4.79 Å². The van der Waals surface area contributed by atoms with Gasteiger partial charge in [0.1, 0.15) is 6.10 Å². The smallest absolute Gasteiger partial charge is 0.309 e. The maximum atomic E-state index is 12.7. The van der Waals surface area contributed by atoms with Gasteiger partial charge in [-0.25, -0.2) is 0 Å². The molecule has 3 aliphatic carbocycles. The van der Waals surface area contributed by atoms with Crippen LogP contribution < -0.4 is 0 Å². The summed E-state index contributed by atoms with van der Waals surface area (Å²) in [6.07, 6.45) is 23.8. The lowest BCUT2D eigenvalue weighted by molar-refractivity contribution is -0.157. The molecule has 0 amide bonds. The first kappa shape index (κ1) is 23.1. The molecule has 0 radical (unpaired) electrons. The fraction of sp³-hybridized carbons (Fsp3) is 0.963. The number of esters is 1. The van der Waals surface area contributed by atoms with Crippen LogP contribution in [0, 0.1) is 29.6 Å². The van der Waals surface area contributed by atoms with Gasteiger partial charge in [-0.3, -0.25) is 4.79 Å². The van der Waals surface area contributed by atoms with Crippen LogP contribution in [0.4, 0.5) is 0 Å². The van der Waals surface area contributed by atoms with Crippen LogP contribution in [-0.4, -0.2) is 12.1 Å². The van der Waals surface area contributed by atoms with E-state index in [1.54, 1.807) is 0 Å². The molecule has 29 heavy (non-hydrogen) atoms. The molecule has 3 saturated carbocycles. The highest BCUT2D eigenvalue weighted by Gasteiger charge is 2.34. The van der Waals surface area contributed by atoms with Gasteiger partial charge in [0.25, 0.3) is 0 Å². The Labute approximate surface area is 180 Å². The lowest BCUT2D eigenvalue weighted by Gasteiger charge is -2.37. The van der Waals surface area contributed by atoms with E-state index in [2.05, 4.69) is 13.8 Å². The predicted molar refractivity (Wildman–Crippen MR) is 122 cm³/mol. The summed E-state index contributed by atoms with van der Waals surface area (Å²) >= 11 is 0. The molecule has 0 aromatic heterocycles. The highest BCUT2D eigenvalue weighted by Crippen LogP contribution is 2.42. The second kappa shape index (κ2) is 12.4. The molecule has 0 atom stereocenters. The van der Waals surface area contributed by atoms with Gasteiger partial charge in [0.15, 0.2) is 0 Å². The Morgan fingerprint density at radius 2 is 1.28 bits per heavy atom. The van der Waals surface area contributed by atoms with Crippen LogP contribution in [0.25, 0.3) is 0 Å². The van der Waals surface area contributed by atoms with Crippen molar-refractivity contribution in [2.45, 2.75) is 136 Å². The largest absolute Gasteiger partial charge is 0.462 e. The van der Waals surface area contributed by atoms with E-state index >= 15 is 0 Å². The standard InChI is InChI=1S/C27H48O2/c1-3-5-6-7-8-22-11-19-26(20-12-22)29-27(28)25-17-15-24(16-18-25)23-13-9-21(4-2)10-14-23/h21-26H,3-20H2,1-2H3. The molecule has 3 rings (SSSR count). The summed E-state index contributed by atoms with van der Waals surface area (Å²) in [5.41, 5.74) is 0.